The quantitative estimate of drug-likeness (QED) is 0.575. The summed E-state index contributed by atoms with van der Waals surface area (Å²) < 4.78 is 0. The number of Topliss-reactive ketones (excluding diaryl/α,β-unsaturated/α-hetero) is 1. The lowest BCUT2D eigenvalue weighted by molar-refractivity contribution is 0.0987. The molecule has 74 valence electrons. The smallest absolute Gasteiger partial charge is 0.183 e. The van der Waals surface area contributed by atoms with Gasteiger partial charge in [0.1, 0.15) is 0 Å². The number of hydrogen-bond acceptors (Lipinski definition) is 1. The maximum atomic E-state index is 11.7. The van der Waals surface area contributed by atoms with Gasteiger partial charge in [-0.25, -0.2) is 0 Å². The molecule has 1 aliphatic rings. The van der Waals surface area contributed by atoms with Crippen molar-refractivity contribution in [3.05, 3.63) is 35.7 Å². The highest BCUT2D eigenvalue weighted by molar-refractivity contribution is 5.95. The second-order valence-corrected chi connectivity index (χ2v) is 3.79. The van der Waals surface area contributed by atoms with Crippen LogP contribution >= 0.6 is 0 Å². The normalized spacial score (nSPS) is 16.4. The molecular weight excluding hydrogens is 174 g/mol. The highest BCUT2D eigenvalue weighted by Crippen LogP contribution is 2.21. The van der Waals surface area contributed by atoms with Gasteiger partial charge in [0, 0.05) is 12.6 Å². The molecule has 0 unspecified atom stereocenters. The molecule has 0 fully saturated rings. The molecule has 0 bridgehead atoms. The molecule has 0 saturated carbocycles. The lowest BCUT2D eigenvalue weighted by Crippen LogP contribution is -2.03. The highest BCUT2D eigenvalue weighted by Gasteiger charge is 2.11. The van der Waals surface area contributed by atoms with Crippen LogP contribution in [0.4, 0.5) is 0 Å². The fourth-order valence-corrected chi connectivity index (χ4v) is 1.87. The van der Waals surface area contributed by atoms with E-state index in [2.05, 4.69) is 11.1 Å². The summed E-state index contributed by atoms with van der Waals surface area (Å²) >= 11 is 0. The Morgan fingerprint density at radius 2 is 2.36 bits per heavy atom. The van der Waals surface area contributed by atoms with Crippen LogP contribution in [0.5, 0.6) is 0 Å². The van der Waals surface area contributed by atoms with Crippen LogP contribution in [0.25, 0.3) is 0 Å². The van der Waals surface area contributed by atoms with E-state index in [9.17, 15) is 4.79 Å². The van der Waals surface area contributed by atoms with Crippen LogP contribution in [-0.2, 0) is 0 Å². The Morgan fingerprint density at radius 3 is 3.00 bits per heavy atom. The van der Waals surface area contributed by atoms with Gasteiger partial charge in [0.05, 0.1) is 5.69 Å². The Labute approximate surface area is 84.0 Å². The first-order chi connectivity index (χ1) is 6.86. The number of rotatable bonds is 3. The molecule has 0 radical (unpaired) electrons. The SMILES string of the molecule is O=C(CC1=CCCCC1)c1ccc[nH]1. The first-order valence-electron chi connectivity index (χ1n) is 5.21. The minimum Gasteiger partial charge on any atom is -0.359 e. The van der Waals surface area contributed by atoms with Crippen LogP contribution in [0.1, 0.15) is 42.6 Å². The van der Waals surface area contributed by atoms with E-state index in [1.807, 2.05) is 12.1 Å². The molecule has 1 N–H and O–H groups in total. The molecule has 0 amide bonds. The minimum atomic E-state index is 0.211. The topological polar surface area (TPSA) is 32.9 Å². The second kappa shape index (κ2) is 4.27. The number of hydrogen-bond donors (Lipinski definition) is 1. The van der Waals surface area contributed by atoms with Gasteiger partial charge in [-0.05, 0) is 37.8 Å². The number of aromatic nitrogens is 1. The van der Waals surface area contributed by atoms with Crippen LogP contribution < -0.4 is 0 Å². The lowest BCUT2D eigenvalue weighted by Gasteiger charge is -2.11. The number of H-pyrrole nitrogens is 1. The molecule has 0 spiro atoms. The molecule has 2 nitrogen and oxygen atoms in total. The third-order valence-corrected chi connectivity index (χ3v) is 2.67. The van der Waals surface area contributed by atoms with Crippen LogP contribution in [0.15, 0.2) is 30.0 Å². The van der Waals surface area contributed by atoms with E-state index < -0.39 is 0 Å². The molecule has 0 aromatic carbocycles. The molecule has 1 aliphatic carbocycles. The number of carbonyl (C=O) groups is 1. The Hall–Kier alpha value is -1.31. The van der Waals surface area contributed by atoms with Crippen molar-refractivity contribution >= 4 is 5.78 Å². The average molecular weight is 189 g/mol. The number of carbonyl (C=O) groups excluding carboxylic acids is 1. The minimum absolute atomic E-state index is 0.211. The Kier molecular flexibility index (Phi) is 2.82. The Balaban J connectivity index is 1.97. The van der Waals surface area contributed by atoms with Crippen molar-refractivity contribution in [2.24, 2.45) is 0 Å². The molecule has 0 aliphatic heterocycles. The summed E-state index contributed by atoms with van der Waals surface area (Å²) in [5.41, 5.74) is 2.05. The summed E-state index contributed by atoms with van der Waals surface area (Å²) in [5, 5.41) is 0. The standard InChI is InChI=1S/C12H15NO/c14-12(11-7-4-8-13-11)9-10-5-2-1-3-6-10/h4-5,7-8,13H,1-3,6,9H2. The number of nitrogens with one attached hydrogen (secondary N) is 1. The summed E-state index contributed by atoms with van der Waals surface area (Å²) in [6, 6.07) is 3.70. The first-order valence-corrected chi connectivity index (χ1v) is 5.21. The number of aromatic amines is 1. The van der Waals surface area contributed by atoms with Crippen LogP contribution in [0, 0.1) is 0 Å². The maximum Gasteiger partial charge on any atom is 0.183 e. The van der Waals surface area contributed by atoms with Crippen molar-refractivity contribution < 1.29 is 4.79 Å². The number of ketones is 1. The predicted molar refractivity (Wildman–Crippen MR) is 56.3 cm³/mol. The van der Waals surface area contributed by atoms with E-state index in [-0.39, 0.29) is 5.78 Å². The maximum absolute atomic E-state index is 11.7. The number of allylic oxidation sites excluding steroid dienone is 2. The molecule has 14 heavy (non-hydrogen) atoms. The van der Waals surface area contributed by atoms with Crippen molar-refractivity contribution in [1.82, 2.24) is 4.98 Å². The lowest BCUT2D eigenvalue weighted by atomic mass is 9.95. The highest BCUT2D eigenvalue weighted by atomic mass is 16.1. The van der Waals surface area contributed by atoms with Gasteiger partial charge in [0.15, 0.2) is 5.78 Å². The molecular formula is C12H15NO. The van der Waals surface area contributed by atoms with Gasteiger partial charge in [0.25, 0.3) is 0 Å². The van der Waals surface area contributed by atoms with E-state index in [1.54, 1.807) is 6.20 Å². The van der Waals surface area contributed by atoms with E-state index in [0.717, 1.165) is 18.5 Å². The summed E-state index contributed by atoms with van der Waals surface area (Å²) in [6.07, 6.45) is 9.39. The summed E-state index contributed by atoms with van der Waals surface area (Å²) in [6.45, 7) is 0. The zero-order valence-corrected chi connectivity index (χ0v) is 8.25. The molecule has 0 saturated heterocycles. The van der Waals surface area contributed by atoms with Crippen molar-refractivity contribution in [1.29, 1.82) is 0 Å². The fraction of sp³-hybridized carbons (Fsp3) is 0.417. The second-order valence-electron chi connectivity index (χ2n) is 3.79. The molecule has 1 aromatic heterocycles. The van der Waals surface area contributed by atoms with Crippen LogP contribution in [0.3, 0.4) is 0 Å². The van der Waals surface area contributed by atoms with E-state index in [0.29, 0.717) is 6.42 Å². The summed E-state index contributed by atoms with van der Waals surface area (Å²) in [5.74, 6) is 0.211. The van der Waals surface area contributed by atoms with Gasteiger partial charge in [-0.3, -0.25) is 4.79 Å². The van der Waals surface area contributed by atoms with Gasteiger partial charge in [0.2, 0.25) is 0 Å². The van der Waals surface area contributed by atoms with Crippen molar-refractivity contribution in [2.75, 3.05) is 0 Å². The van der Waals surface area contributed by atoms with Gasteiger partial charge in [-0.15, -0.1) is 0 Å². The van der Waals surface area contributed by atoms with Crippen molar-refractivity contribution in [3.8, 4) is 0 Å². The Bertz CT molecular complexity index is 335. The molecule has 2 rings (SSSR count). The van der Waals surface area contributed by atoms with E-state index in [4.69, 9.17) is 0 Å². The first kappa shape index (κ1) is 9.25. The van der Waals surface area contributed by atoms with Crippen molar-refractivity contribution in [3.63, 3.8) is 0 Å². The van der Waals surface area contributed by atoms with E-state index >= 15 is 0 Å². The van der Waals surface area contributed by atoms with Gasteiger partial charge in [-0.2, -0.15) is 0 Å². The summed E-state index contributed by atoms with van der Waals surface area (Å²) in [7, 11) is 0. The largest absolute Gasteiger partial charge is 0.359 e. The molecule has 0 atom stereocenters. The summed E-state index contributed by atoms with van der Waals surface area (Å²) in [4.78, 5) is 14.7. The molecule has 2 heteroatoms. The predicted octanol–water partition coefficient (Wildman–Crippen LogP) is 3.09. The van der Waals surface area contributed by atoms with E-state index in [1.165, 1.54) is 18.4 Å². The molecule has 1 aromatic rings. The Morgan fingerprint density at radius 1 is 1.43 bits per heavy atom. The fourth-order valence-electron chi connectivity index (χ4n) is 1.87. The average Bonchev–Trinajstić information content (AvgIpc) is 2.72. The van der Waals surface area contributed by atoms with Gasteiger partial charge >= 0.3 is 0 Å². The third-order valence-electron chi connectivity index (χ3n) is 2.67. The van der Waals surface area contributed by atoms with Gasteiger partial charge < -0.3 is 4.98 Å². The zero-order chi connectivity index (χ0) is 9.80. The molecule has 1 heterocycles. The van der Waals surface area contributed by atoms with Crippen LogP contribution in [-0.4, -0.2) is 10.8 Å². The third kappa shape index (κ3) is 2.13. The zero-order valence-electron chi connectivity index (χ0n) is 8.25. The van der Waals surface area contributed by atoms with Crippen LogP contribution in [0.2, 0.25) is 0 Å². The van der Waals surface area contributed by atoms with Crippen molar-refractivity contribution in [2.45, 2.75) is 32.1 Å². The monoisotopic (exact) mass is 189 g/mol. The van der Waals surface area contributed by atoms with Gasteiger partial charge in [-0.1, -0.05) is 11.6 Å².